The summed E-state index contributed by atoms with van der Waals surface area (Å²) in [5, 5.41) is 0. The van der Waals surface area contributed by atoms with Gasteiger partial charge in [0, 0.05) is 0 Å². The van der Waals surface area contributed by atoms with Gasteiger partial charge in [-0.25, -0.2) is 0 Å². The van der Waals surface area contributed by atoms with Crippen LogP contribution in [0.5, 0.6) is 0 Å². The number of rotatable bonds is 4. The van der Waals surface area contributed by atoms with Gasteiger partial charge in [0.05, 0.1) is 0 Å². The fraction of sp³-hybridized carbons (Fsp3) is 0.700. The van der Waals surface area contributed by atoms with Crippen LogP contribution in [-0.2, 0) is 4.79 Å². The van der Waals surface area contributed by atoms with Crippen molar-refractivity contribution >= 4 is 5.78 Å². The van der Waals surface area contributed by atoms with Crippen LogP contribution in [0.4, 0.5) is 0 Å². The molecule has 0 saturated heterocycles. The molecule has 0 aromatic rings. The van der Waals surface area contributed by atoms with Crippen molar-refractivity contribution in [3.8, 4) is 0 Å². The monoisotopic (exact) mass is 171 g/mol. The van der Waals surface area contributed by atoms with Crippen molar-refractivity contribution in [1.29, 1.82) is 0 Å². The van der Waals surface area contributed by atoms with E-state index in [1.165, 1.54) is 32.6 Å². The molecule has 0 saturated carbocycles. The molecule has 2 nitrogen and oxygen atoms in total. The lowest BCUT2D eigenvalue weighted by molar-refractivity contribution is -0.112. The second-order valence-corrected chi connectivity index (χ2v) is 2.43. The van der Waals surface area contributed by atoms with Crippen LogP contribution in [0.3, 0.4) is 0 Å². The highest BCUT2D eigenvalue weighted by Crippen LogP contribution is 1.81. The van der Waals surface area contributed by atoms with Gasteiger partial charge in [-0.1, -0.05) is 27.4 Å². The van der Waals surface area contributed by atoms with Gasteiger partial charge in [0.1, 0.15) is 0 Å². The van der Waals surface area contributed by atoms with Crippen molar-refractivity contribution in [3.05, 3.63) is 12.7 Å². The van der Waals surface area contributed by atoms with Crippen molar-refractivity contribution in [2.45, 2.75) is 27.7 Å². The van der Waals surface area contributed by atoms with E-state index in [-0.39, 0.29) is 5.78 Å². The van der Waals surface area contributed by atoms with E-state index in [9.17, 15) is 4.79 Å². The van der Waals surface area contributed by atoms with Crippen LogP contribution in [0.15, 0.2) is 12.7 Å². The van der Waals surface area contributed by atoms with Crippen molar-refractivity contribution in [3.63, 3.8) is 0 Å². The topological polar surface area (TPSA) is 20.3 Å². The first-order chi connectivity index (χ1) is 5.62. The van der Waals surface area contributed by atoms with E-state index in [2.05, 4.69) is 32.3 Å². The molecule has 0 aromatic heterocycles. The molecule has 0 aliphatic rings. The Labute approximate surface area is 76.3 Å². The summed E-state index contributed by atoms with van der Waals surface area (Å²) in [5.74, 6) is 0.0185. The zero-order valence-electron chi connectivity index (χ0n) is 8.76. The molecule has 0 atom stereocenters. The zero-order valence-corrected chi connectivity index (χ0v) is 8.76. The molecule has 0 aliphatic carbocycles. The van der Waals surface area contributed by atoms with Gasteiger partial charge in [0.2, 0.25) is 0 Å². The Morgan fingerprint density at radius 2 is 1.50 bits per heavy atom. The molecule has 0 bridgehead atoms. The van der Waals surface area contributed by atoms with Crippen LogP contribution in [0.1, 0.15) is 27.7 Å². The minimum Gasteiger partial charge on any atom is -0.304 e. The highest BCUT2D eigenvalue weighted by Gasteiger charge is 1.89. The highest BCUT2D eigenvalue weighted by molar-refractivity contribution is 5.86. The summed E-state index contributed by atoms with van der Waals surface area (Å²) in [7, 11) is 0. The van der Waals surface area contributed by atoms with Crippen LogP contribution in [-0.4, -0.2) is 30.3 Å². The average molecular weight is 171 g/mol. The third-order valence-electron chi connectivity index (χ3n) is 1.63. The fourth-order valence-corrected chi connectivity index (χ4v) is 0.671. The van der Waals surface area contributed by atoms with E-state index < -0.39 is 0 Å². The highest BCUT2D eigenvalue weighted by atomic mass is 16.1. The minimum absolute atomic E-state index is 0.0185. The van der Waals surface area contributed by atoms with Gasteiger partial charge in [-0.2, -0.15) is 0 Å². The Morgan fingerprint density at radius 1 is 1.25 bits per heavy atom. The van der Waals surface area contributed by atoms with Crippen molar-refractivity contribution < 1.29 is 4.79 Å². The average Bonchev–Trinajstić information content (AvgIpc) is 2.09. The summed E-state index contributed by atoms with van der Waals surface area (Å²) in [6, 6.07) is 0. The summed E-state index contributed by atoms with van der Waals surface area (Å²) in [5.41, 5.74) is 0. The van der Waals surface area contributed by atoms with Gasteiger partial charge in [-0.3, -0.25) is 4.79 Å². The Kier molecular flexibility index (Phi) is 12.0. The second-order valence-electron chi connectivity index (χ2n) is 2.43. The number of carbonyl (C=O) groups excluding carboxylic acids is 1. The lowest BCUT2D eigenvalue weighted by Crippen LogP contribution is -2.21. The number of hydrogen-bond acceptors (Lipinski definition) is 2. The number of ketones is 1. The maximum Gasteiger partial charge on any atom is 0.152 e. The quantitative estimate of drug-likeness (QED) is 0.604. The normalized spacial score (nSPS) is 8.75. The van der Waals surface area contributed by atoms with Gasteiger partial charge >= 0.3 is 0 Å². The summed E-state index contributed by atoms with van der Waals surface area (Å²) in [6.45, 7) is 14.8. The zero-order chi connectivity index (χ0) is 9.98. The van der Waals surface area contributed by atoms with Gasteiger partial charge in [0.15, 0.2) is 5.78 Å². The van der Waals surface area contributed by atoms with Crippen LogP contribution < -0.4 is 0 Å². The van der Waals surface area contributed by atoms with Crippen LogP contribution in [0, 0.1) is 0 Å². The third kappa shape index (κ3) is 12.1. The molecule has 0 heterocycles. The number of hydrogen-bond donors (Lipinski definition) is 0. The molecule has 0 radical (unpaired) electrons. The standard InChI is InChI=1S/C6H15N.C4H6O/c1-4-7(5-2)6-3;1-3-4(2)5/h4-6H2,1-3H3;3H,1H2,2H3. The largest absolute Gasteiger partial charge is 0.304 e. The molecular weight excluding hydrogens is 150 g/mol. The van der Waals surface area contributed by atoms with Crippen molar-refractivity contribution in [2.75, 3.05) is 19.6 Å². The van der Waals surface area contributed by atoms with E-state index in [0.29, 0.717) is 0 Å². The predicted molar refractivity (Wildman–Crippen MR) is 54.3 cm³/mol. The first kappa shape index (κ1) is 13.9. The van der Waals surface area contributed by atoms with Gasteiger partial charge in [0.25, 0.3) is 0 Å². The third-order valence-corrected chi connectivity index (χ3v) is 1.63. The molecule has 0 spiro atoms. The Hall–Kier alpha value is -0.630. The first-order valence-electron chi connectivity index (χ1n) is 4.47. The summed E-state index contributed by atoms with van der Waals surface area (Å²) in [6.07, 6.45) is 1.28. The van der Waals surface area contributed by atoms with Crippen molar-refractivity contribution in [1.82, 2.24) is 4.90 Å². The van der Waals surface area contributed by atoms with Crippen LogP contribution in [0.25, 0.3) is 0 Å². The number of nitrogens with zero attached hydrogens (tertiary/aromatic N) is 1. The Bertz CT molecular complexity index is 111. The summed E-state index contributed by atoms with van der Waals surface area (Å²) in [4.78, 5) is 12.1. The summed E-state index contributed by atoms with van der Waals surface area (Å²) >= 11 is 0. The molecule has 0 unspecified atom stereocenters. The van der Waals surface area contributed by atoms with Crippen molar-refractivity contribution in [2.24, 2.45) is 0 Å². The maximum atomic E-state index is 9.69. The van der Waals surface area contributed by atoms with E-state index in [4.69, 9.17) is 0 Å². The van der Waals surface area contributed by atoms with Crippen LogP contribution in [0.2, 0.25) is 0 Å². The molecular formula is C10H21NO. The van der Waals surface area contributed by atoms with E-state index in [1.807, 2.05) is 0 Å². The molecule has 12 heavy (non-hydrogen) atoms. The lowest BCUT2D eigenvalue weighted by atomic mass is 10.5. The fourth-order valence-electron chi connectivity index (χ4n) is 0.671. The van der Waals surface area contributed by atoms with E-state index in [1.54, 1.807) is 0 Å². The molecule has 0 rings (SSSR count). The number of carbonyl (C=O) groups is 1. The van der Waals surface area contributed by atoms with E-state index in [0.717, 1.165) is 0 Å². The predicted octanol–water partition coefficient (Wildman–Crippen LogP) is 2.11. The van der Waals surface area contributed by atoms with E-state index >= 15 is 0 Å². The smallest absolute Gasteiger partial charge is 0.152 e. The molecule has 0 aromatic carbocycles. The minimum atomic E-state index is 0.0185. The molecule has 0 amide bonds. The summed E-state index contributed by atoms with van der Waals surface area (Å²) < 4.78 is 0. The lowest BCUT2D eigenvalue weighted by Gasteiger charge is -2.13. The first-order valence-corrected chi connectivity index (χ1v) is 4.47. The molecule has 72 valence electrons. The Morgan fingerprint density at radius 3 is 1.50 bits per heavy atom. The van der Waals surface area contributed by atoms with Gasteiger partial charge < -0.3 is 4.90 Å². The van der Waals surface area contributed by atoms with Gasteiger partial charge in [-0.15, -0.1) is 0 Å². The Balaban J connectivity index is 0. The molecule has 2 heteroatoms. The molecule has 0 aliphatic heterocycles. The maximum absolute atomic E-state index is 9.69. The number of allylic oxidation sites excluding steroid dienone is 1. The molecule has 0 N–H and O–H groups in total. The second kappa shape index (κ2) is 10.4. The van der Waals surface area contributed by atoms with Gasteiger partial charge in [-0.05, 0) is 32.6 Å². The SMILES string of the molecule is C=CC(C)=O.CCN(CC)CC. The van der Waals surface area contributed by atoms with Crippen LogP contribution >= 0.6 is 0 Å². The molecule has 0 fully saturated rings.